The van der Waals surface area contributed by atoms with Crippen LogP contribution < -0.4 is 10.1 Å². The van der Waals surface area contributed by atoms with E-state index in [1.807, 2.05) is 6.92 Å². The Hall–Kier alpha value is -3.28. The Bertz CT molecular complexity index is 1120. The van der Waals surface area contributed by atoms with E-state index in [1.165, 1.54) is 29.2 Å². The normalized spacial score (nSPS) is 25.3. The van der Waals surface area contributed by atoms with E-state index in [0.29, 0.717) is 51.2 Å². The Kier molecular flexibility index (Phi) is 6.31. The van der Waals surface area contributed by atoms with E-state index < -0.39 is 17.3 Å². The van der Waals surface area contributed by atoms with Gasteiger partial charge < -0.3 is 24.6 Å². The minimum absolute atomic E-state index is 0.0385. The zero-order valence-corrected chi connectivity index (χ0v) is 19.8. The van der Waals surface area contributed by atoms with Crippen molar-refractivity contribution in [3.8, 4) is 11.4 Å². The van der Waals surface area contributed by atoms with Crippen LogP contribution in [0, 0.1) is 0 Å². The number of likely N-dealkylation sites (tertiary alicyclic amines) is 2. The van der Waals surface area contributed by atoms with Crippen LogP contribution in [0.1, 0.15) is 31.7 Å². The number of piperidine rings is 2. The number of urea groups is 1. The van der Waals surface area contributed by atoms with E-state index >= 15 is 0 Å². The molecule has 3 aliphatic heterocycles. The summed E-state index contributed by atoms with van der Waals surface area (Å²) in [5.41, 5.74) is -1.37. The maximum Gasteiger partial charge on any atom is 0.418 e. The predicted octanol–water partition coefficient (Wildman–Crippen LogP) is 2.83. The SMILES string of the molecule is C[C@]12CCN(C(=O)N3CCC(Oc4ccc(C(F)(F)F)c(-n5cccn5)c4)CC3)C[C@H]1NC(=O)CO2. The Morgan fingerprint density at radius 1 is 1.22 bits per heavy atom. The number of rotatable bonds is 3. The fraction of sp³-hybridized carbons (Fsp3) is 0.542. The highest BCUT2D eigenvalue weighted by molar-refractivity contribution is 5.79. The zero-order chi connectivity index (χ0) is 25.5. The first-order chi connectivity index (χ1) is 17.1. The van der Waals surface area contributed by atoms with Crippen molar-refractivity contribution >= 4 is 11.9 Å². The lowest BCUT2D eigenvalue weighted by Crippen LogP contribution is -2.67. The molecule has 0 spiro atoms. The molecule has 0 unspecified atom stereocenters. The summed E-state index contributed by atoms with van der Waals surface area (Å²) < 4.78 is 53.4. The summed E-state index contributed by atoms with van der Waals surface area (Å²) in [5, 5.41) is 6.87. The van der Waals surface area contributed by atoms with Crippen molar-refractivity contribution in [1.29, 1.82) is 0 Å². The van der Waals surface area contributed by atoms with Gasteiger partial charge >= 0.3 is 12.2 Å². The van der Waals surface area contributed by atoms with Crippen LogP contribution in [0.4, 0.5) is 18.0 Å². The summed E-state index contributed by atoms with van der Waals surface area (Å²) in [6.07, 6.45) is -0.144. The van der Waals surface area contributed by atoms with Crippen LogP contribution in [0.15, 0.2) is 36.7 Å². The largest absolute Gasteiger partial charge is 0.490 e. The van der Waals surface area contributed by atoms with Crippen LogP contribution in [0.25, 0.3) is 5.69 Å². The molecule has 1 aromatic heterocycles. The van der Waals surface area contributed by atoms with Gasteiger partial charge in [-0.1, -0.05) is 0 Å². The summed E-state index contributed by atoms with van der Waals surface area (Å²) in [5.74, 6) is 0.144. The summed E-state index contributed by atoms with van der Waals surface area (Å²) in [6.45, 7) is 3.87. The molecular formula is C24H28F3N5O4. The van der Waals surface area contributed by atoms with Crippen LogP contribution >= 0.6 is 0 Å². The van der Waals surface area contributed by atoms with Gasteiger partial charge in [0.25, 0.3) is 0 Å². The molecule has 0 bridgehead atoms. The molecule has 2 aromatic rings. The number of nitrogens with one attached hydrogen (secondary N) is 1. The molecule has 0 radical (unpaired) electrons. The molecule has 1 N–H and O–H groups in total. The highest BCUT2D eigenvalue weighted by Gasteiger charge is 2.46. The van der Waals surface area contributed by atoms with E-state index in [4.69, 9.17) is 9.47 Å². The number of hydrogen-bond donors (Lipinski definition) is 1. The number of halogens is 3. The minimum Gasteiger partial charge on any atom is -0.490 e. The molecule has 5 rings (SSSR count). The van der Waals surface area contributed by atoms with Gasteiger partial charge in [-0.3, -0.25) is 4.79 Å². The van der Waals surface area contributed by atoms with Gasteiger partial charge in [-0.05, 0) is 31.5 Å². The third-order valence-electron chi connectivity index (χ3n) is 7.20. The van der Waals surface area contributed by atoms with Crippen LogP contribution in [0.2, 0.25) is 0 Å². The molecule has 36 heavy (non-hydrogen) atoms. The van der Waals surface area contributed by atoms with Crippen LogP contribution in [-0.2, 0) is 15.7 Å². The number of fused-ring (bicyclic) bond motifs is 1. The number of alkyl halides is 3. The minimum atomic E-state index is -4.52. The van der Waals surface area contributed by atoms with E-state index in [2.05, 4.69) is 10.4 Å². The molecule has 4 heterocycles. The molecule has 9 nitrogen and oxygen atoms in total. The number of ether oxygens (including phenoxy) is 2. The van der Waals surface area contributed by atoms with E-state index in [0.717, 1.165) is 6.07 Å². The monoisotopic (exact) mass is 507 g/mol. The lowest BCUT2D eigenvalue weighted by molar-refractivity contribution is -0.156. The van der Waals surface area contributed by atoms with Gasteiger partial charge in [0.1, 0.15) is 18.5 Å². The first-order valence-electron chi connectivity index (χ1n) is 12.0. The average Bonchev–Trinajstić information content (AvgIpc) is 3.39. The first-order valence-corrected chi connectivity index (χ1v) is 12.0. The molecule has 3 aliphatic rings. The molecule has 0 aliphatic carbocycles. The molecule has 3 saturated heterocycles. The zero-order valence-electron chi connectivity index (χ0n) is 19.8. The molecule has 3 fully saturated rings. The summed E-state index contributed by atoms with van der Waals surface area (Å²) in [7, 11) is 0. The number of carbonyl (C=O) groups excluding carboxylic acids is 2. The van der Waals surface area contributed by atoms with Crippen LogP contribution in [-0.4, -0.2) is 82.1 Å². The van der Waals surface area contributed by atoms with Crippen molar-refractivity contribution < 1.29 is 32.2 Å². The van der Waals surface area contributed by atoms with Crippen molar-refractivity contribution in [3.63, 3.8) is 0 Å². The lowest BCUT2D eigenvalue weighted by atomic mass is 9.87. The highest BCUT2D eigenvalue weighted by Crippen LogP contribution is 2.36. The molecule has 12 heteroatoms. The van der Waals surface area contributed by atoms with E-state index in [9.17, 15) is 22.8 Å². The Morgan fingerprint density at radius 3 is 2.69 bits per heavy atom. The molecule has 2 atom stereocenters. The van der Waals surface area contributed by atoms with Crippen molar-refractivity contribution in [2.45, 2.75) is 50.1 Å². The smallest absolute Gasteiger partial charge is 0.418 e. The van der Waals surface area contributed by atoms with E-state index in [1.54, 1.807) is 15.9 Å². The number of aromatic nitrogens is 2. The fourth-order valence-electron chi connectivity index (χ4n) is 5.03. The number of hydrogen-bond acceptors (Lipinski definition) is 5. The molecule has 0 saturated carbocycles. The Labute approximate surface area is 206 Å². The Balaban J connectivity index is 1.19. The van der Waals surface area contributed by atoms with Crippen molar-refractivity contribution in [3.05, 3.63) is 42.2 Å². The number of nitrogens with zero attached hydrogens (tertiary/aromatic N) is 4. The Morgan fingerprint density at radius 2 is 2.00 bits per heavy atom. The number of benzene rings is 1. The molecule has 3 amide bonds. The van der Waals surface area contributed by atoms with Crippen molar-refractivity contribution in [2.75, 3.05) is 32.8 Å². The second-order valence-corrected chi connectivity index (χ2v) is 9.63. The second-order valence-electron chi connectivity index (χ2n) is 9.63. The topological polar surface area (TPSA) is 88.9 Å². The first kappa shape index (κ1) is 24.4. The van der Waals surface area contributed by atoms with Crippen LogP contribution in [0.5, 0.6) is 5.75 Å². The quantitative estimate of drug-likeness (QED) is 0.691. The summed E-state index contributed by atoms with van der Waals surface area (Å²) in [6, 6.07) is 4.88. The van der Waals surface area contributed by atoms with Gasteiger partial charge in [0, 0.05) is 57.5 Å². The second kappa shape index (κ2) is 9.30. The summed E-state index contributed by atoms with van der Waals surface area (Å²) in [4.78, 5) is 28.4. The van der Waals surface area contributed by atoms with Gasteiger partial charge in [-0.2, -0.15) is 18.3 Å². The maximum absolute atomic E-state index is 13.5. The molecular weight excluding hydrogens is 479 g/mol. The predicted molar refractivity (Wildman–Crippen MR) is 122 cm³/mol. The lowest BCUT2D eigenvalue weighted by Gasteiger charge is -2.49. The fourth-order valence-corrected chi connectivity index (χ4v) is 5.03. The average molecular weight is 508 g/mol. The molecule has 194 valence electrons. The summed E-state index contributed by atoms with van der Waals surface area (Å²) >= 11 is 0. The van der Waals surface area contributed by atoms with Gasteiger partial charge in [-0.15, -0.1) is 0 Å². The van der Waals surface area contributed by atoms with Crippen LogP contribution in [0.3, 0.4) is 0 Å². The van der Waals surface area contributed by atoms with E-state index in [-0.39, 0.29) is 36.4 Å². The van der Waals surface area contributed by atoms with Gasteiger partial charge in [0.2, 0.25) is 5.91 Å². The number of morpholine rings is 1. The third kappa shape index (κ3) is 4.86. The van der Waals surface area contributed by atoms with Gasteiger partial charge in [-0.25, -0.2) is 9.48 Å². The number of amides is 3. The van der Waals surface area contributed by atoms with Crippen molar-refractivity contribution in [1.82, 2.24) is 24.9 Å². The van der Waals surface area contributed by atoms with Gasteiger partial charge in [0.15, 0.2) is 0 Å². The maximum atomic E-state index is 13.5. The third-order valence-corrected chi connectivity index (χ3v) is 7.20. The molecule has 1 aromatic carbocycles. The standard InChI is InChI=1S/C24H28F3N5O4/c1-23-7-12-31(14-20(23)29-21(33)15-35-23)22(34)30-10-5-16(6-11-30)36-17-3-4-18(24(25,26)27)19(13-17)32-9-2-8-28-32/h2-4,8-9,13,16,20H,5-7,10-12,14-15H2,1H3,(H,29,33)/t20-,23+/m1/s1. The van der Waals surface area contributed by atoms with Crippen molar-refractivity contribution in [2.24, 2.45) is 0 Å². The number of carbonyl (C=O) groups is 2. The van der Waals surface area contributed by atoms with Gasteiger partial charge in [0.05, 0.1) is 22.9 Å². The highest BCUT2D eigenvalue weighted by atomic mass is 19.4.